The van der Waals surface area contributed by atoms with E-state index in [1.165, 1.54) is 0 Å². The molecule has 0 aliphatic carbocycles. The molecule has 0 aromatic rings. The average molecular weight is 473 g/mol. The number of carboxylic acids is 2. The zero-order chi connectivity index (χ0) is 12.0. The number of rotatable bonds is 7. The Balaban J connectivity index is 0. The minimum Gasteiger partial charge on any atom is -0.481 e. The van der Waals surface area contributed by atoms with Gasteiger partial charge in [0.25, 0.3) is 0 Å². The Kier molecular flexibility index (Phi) is 7.43. The van der Waals surface area contributed by atoms with Gasteiger partial charge in [-0.25, -0.2) is 0 Å². The van der Waals surface area contributed by atoms with Gasteiger partial charge >= 0.3 is 11.9 Å². The number of aliphatic carboxylic acids is 2. The first-order valence-corrected chi connectivity index (χ1v) is 5.35. The third-order valence-corrected chi connectivity index (χ3v) is 2.45. The molecule has 0 aliphatic heterocycles. The summed E-state index contributed by atoms with van der Waals surface area (Å²) in [7, 11) is 0. The van der Waals surface area contributed by atoms with Crippen LogP contribution in [0, 0.1) is 17.8 Å². The van der Waals surface area contributed by atoms with Crippen molar-refractivity contribution in [2.75, 3.05) is 0 Å². The van der Waals surface area contributed by atoms with Gasteiger partial charge < -0.3 is 10.2 Å². The summed E-state index contributed by atoms with van der Waals surface area (Å²) in [6.45, 7) is 5.67. The molecule has 1 unspecified atom stereocenters. The monoisotopic (exact) mass is 473 g/mol. The van der Waals surface area contributed by atoms with Crippen LogP contribution < -0.4 is 0 Å². The Morgan fingerprint density at radius 1 is 1.06 bits per heavy atom. The van der Waals surface area contributed by atoms with Gasteiger partial charge in [0.2, 0.25) is 0 Å². The van der Waals surface area contributed by atoms with Crippen LogP contribution in [0.4, 0.5) is 0 Å². The van der Waals surface area contributed by atoms with E-state index in [-0.39, 0.29) is 5.92 Å². The standard InChI is InChI=1S/C11H20O4.Fm/c1-4-5-8(10(12)13)9(11(14)15)6-7(2)3;/h7-9H,4-6H2,1-3H3,(H,12,13)(H,14,15);/t8-,9?;/m0./s1. The Labute approximate surface area is 90.3 Å². The maximum atomic E-state index is 11.0. The van der Waals surface area contributed by atoms with E-state index in [2.05, 4.69) is 0 Å². The third kappa shape index (κ3) is 4.98. The molecule has 0 radical (unpaired) electrons. The molecule has 0 fully saturated rings. The first kappa shape index (κ1) is 16.4. The summed E-state index contributed by atoms with van der Waals surface area (Å²) in [4.78, 5) is 21.9. The minimum atomic E-state index is -0.996. The van der Waals surface area contributed by atoms with Crippen LogP contribution in [0.25, 0.3) is 0 Å². The molecule has 0 aromatic heterocycles. The van der Waals surface area contributed by atoms with Gasteiger partial charge in [0.05, 0.1) is 11.8 Å². The Morgan fingerprint density at radius 2 is 1.50 bits per heavy atom. The fourth-order valence-electron chi connectivity index (χ4n) is 1.75. The number of carboxylic acid groups (broad SMARTS) is 2. The second kappa shape index (κ2) is 7.26. The van der Waals surface area contributed by atoms with Crippen LogP contribution >= 0.6 is 0 Å². The van der Waals surface area contributed by atoms with E-state index in [0.717, 1.165) is 0 Å². The number of hydrogen-bond acceptors (Lipinski definition) is 2. The van der Waals surface area contributed by atoms with E-state index in [0.29, 0.717) is 19.3 Å². The van der Waals surface area contributed by atoms with Crippen LogP contribution in [0.3, 0.4) is 0 Å². The van der Waals surface area contributed by atoms with Crippen LogP contribution in [0.5, 0.6) is 0 Å². The Hall–Kier alpha value is -2.06. The van der Waals surface area contributed by atoms with Crippen molar-refractivity contribution in [2.45, 2.75) is 40.0 Å². The summed E-state index contributed by atoms with van der Waals surface area (Å²) in [6, 6.07) is 0. The Morgan fingerprint density at radius 3 is 1.75 bits per heavy atom. The van der Waals surface area contributed by atoms with Crippen molar-refractivity contribution in [2.24, 2.45) is 17.8 Å². The molecule has 4 nitrogen and oxygen atoms in total. The molecule has 16 heavy (non-hydrogen) atoms. The fourth-order valence-corrected chi connectivity index (χ4v) is 1.75. The van der Waals surface area contributed by atoms with E-state index >= 15 is 0 Å². The van der Waals surface area contributed by atoms with Crippen LogP contribution in [-0.4, -0.2) is 22.2 Å². The van der Waals surface area contributed by atoms with E-state index in [1.54, 1.807) is 0 Å². The van der Waals surface area contributed by atoms with E-state index in [1.807, 2.05) is 20.8 Å². The van der Waals surface area contributed by atoms with Crippen LogP contribution in [0.2, 0.25) is 0 Å². The second-order valence-electron chi connectivity index (χ2n) is 4.31. The molecule has 0 heterocycles. The maximum absolute atomic E-state index is 11.0. The third-order valence-electron chi connectivity index (χ3n) is 2.45. The summed E-state index contributed by atoms with van der Waals surface area (Å²) < 4.78 is 0. The van der Waals surface area contributed by atoms with Gasteiger partial charge in [0.1, 0.15) is 0 Å². The average Bonchev–Trinajstić information content (AvgIpc) is 2.09. The van der Waals surface area contributed by atoms with Crippen molar-refractivity contribution in [3.63, 3.8) is 0 Å². The predicted molar refractivity (Wildman–Crippen MR) is 56.6 cm³/mol. The van der Waals surface area contributed by atoms with Gasteiger partial charge in [0.15, 0.2) is 0 Å². The smallest absolute Gasteiger partial charge is 0.307 e. The maximum Gasteiger partial charge on any atom is 0.307 e. The SMILES string of the molecule is CCC[C@H](C(=O)O)C(CC(C)C)C(=O)O.[Fm]. The van der Waals surface area contributed by atoms with Crippen molar-refractivity contribution in [3.8, 4) is 0 Å². The topological polar surface area (TPSA) is 74.6 Å². The molecule has 2 atom stereocenters. The largest absolute Gasteiger partial charge is 0.481 e. The van der Waals surface area contributed by atoms with Crippen molar-refractivity contribution in [3.05, 3.63) is 0 Å². The zero-order valence-corrected chi connectivity index (χ0v) is 12.3. The van der Waals surface area contributed by atoms with Crippen molar-refractivity contribution < 1.29 is 19.8 Å². The van der Waals surface area contributed by atoms with Gasteiger partial charge in [-0.2, -0.15) is 0 Å². The molecule has 100 valence electrons. The van der Waals surface area contributed by atoms with Crippen LogP contribution in [0.15, 0.2) is 0 Å². The van der Waals surface area contributed by atoms with Crippen LogP contribution in [0.1, 0.15) is 40.0 Å². The van der Waals surface area contributed by atoms with Crippen molar-refractivity contribution in [1.82, 2.24) is 0 Å². The molecule has 0 aliphatic rings. The van der Waals surface area contributed by atoms with E-state index in [9.17, 15) is 9.59 Å². The van der Waals surface area contributed by atoms with Gasteiger partial charge in [-0.15, -0.1) is 0 Å². The summed E-state index contributed by atoms with van der Waals surface area (Å²) in [5, 5.41) is 18.0. The first-order valence-electron chi connectivity index (χ1n) is 5.35. The molecule has 0 rings (SSSR count). The predicted octanol–water partition coefficient (Wildman–Crippen LogP) is 2.23. The van der Waals surface area contributed by atoms with Crippen molar-refractivity contribution >= 4 is 11.9 Å². The number of hydrogen-bond donors (Lipinski definition) is 2. The molecule has 0 spiro atoms. The van der Waals surface area contributed by atoms with Gasteiger partial charge in [0, 0.05) is 0 Å². The summed E-state index contributed by atoms with van der Waals surface area (Å²) >= 11 is 0. The quantitative estimate of drug-likeness (QED) is 0.595. The molecule has 2 N–H and O–H groups in total. The summed E-state index contributed by atoms with van der Waals surface area (Å²) in [5.74, 6) is -3.31. The van der Waals surface area contributed by atoms with Gasteiger partial charge in [-0.3, -0.25) is 9.59 Å². The molecule has 0 saturated heterocycles. The molecular weight excluding hydrogens is 453 g/mol. The first-order chi connectivity index (χ1) is 6.90. The second-order valence-corrected chi connectivity index (χ2v) is 4.31. The number of carbonyl (C=O) groups is 2. The van der Waals surface area contributed by atoms with Crippen LogP contribution in [-0.2, 0) is 9.59 Å². The van der Waals surface area contributed by atoms with Crippen molar-refractivity contribution in [1.29, 1.82) is 0 Å². The van der Waals surface area contributed by atoms with E-state index in [4.69, 9.17) is 10.2 Å². The molecular formula is C11H20FmO4. The fraction of sp³-hybridized carbons (Fsp3) is 0.818. The molecule has 0 bridgehead atoms. The molecule has 5 heteroatoms. The van der Waals surface area contributed by atoms with Gasteiger partial charge in [-0.1, -0.05) is 27.2 Å². The zero-order valence-electron chi connectivity index (χ0n) is 9.85. The van der Waals surface area contributed by atoms with E-state index < -0.39 is 23.8 Å². The Bertz CT molecular complexity index is 228. The molecule has 0 aromatic carbocycles. The minimum absolute atomic E-state index is 0. The molecule has 0 saturated carbocycles. The summed E-state index contributed by atoms with van der Waals surface area (Å²) in [5.41, 5.74) is 0. The van der Waals surface area contributed by atoms with Gasteiger partial charge in [-0.05, 0) is 18.8 Å². The molecule has 0 amide bonds. The normalized spacial score (nSPS) is 14.0. The summed E-state index contributed by atoms with van der Waals surface area (Å²) in [6.07, 6.45) is 1.55.